The predicted molar refractivity (Wildman–Crippen MR) is 59.1 cm³/mol. The minimum Gasteiger partial charge on any atom is -0.428 e. The third-order valence-electron chi connectivity index (χ3n) is 2.84. The van der Waals surface area contributed by atoms with Crippen LogP contribution in [0, 0.1) is 0 Å². The van der Waals surface area contributed by atoms with Crippen molar-refractivity contribution in [2.75, 3.05) is 7.11 Å². The summed E-state index contributed by atoms with van der Waals surface area (Å²) in [6, 6.07) is 11.5. The molecule has 3 heteroatoms. The molecule has 0 aromatic heterocycles. The molecule has 1 unspecified atom stereocenters. The zero-order chi connectivity index (χ0) is 11.1. The maximum atomic E-state index is 11.7. The van der Waals surface area contributed by atoms with Gasteiger partial charge in [-0.25, -0.2) is 4.79 Å². The van der Waals surface area contributed by atoms with Gasteiger partial charge in [-0.1, -0.05) is 30.3 Å². The number of methoxy groups -OCH3 is 1. The van der Waals surface area contributed by atoms with Gasteiger partial charge in [0.25, 0.3) is 0 Å². The van der Waals surface area contributed by atoms with Gasteiger partial charge in [0.1, 0.15) is 0 Å². The fraction of sp³-hybridized carbons (Fsp3) is 0.154. The second kappa shape index (κ2) is 3.32. The first-order valence-electron chi connectivity index (χ1n) is 5.06. The van der Waals surface area contributed by atoms with Crippen LogP contribution in [0.15, 0.2) is 36.4 Å². The van der Waals surface area contributed by atoms with E-state index in [1.165, 1.54) is 7.11 Å². The molecule has 0 bridgehead atoms. The van der Waals surface area contributed by atoms with Gasteiger partial charge in [-0.2, -0.15) is 0 Å². The summed E-state index contributed by atoms with van der Waals surface area (Å²) >= 11 is 0. The van der Waals surface area contributed by atoms with Crippen molar-refractivity contribution in [1.29, 1.82) is 0 Å². The Labute approximate surface area is 92.6 Å². The standard InChI is InChI=1S/C13H10O3/c1-15-13-10-7-3-5-8-4-2-6-9(11(8)10)12(14)16-13/h2-7,13H,1H3. The molecule has 1 atom stereocenters. The molecule has 1 aliphatic heterocycles. The van der Waals surface area contributed by atoms with Crippen molar-refractivity contribution < 1.29 is 14.3 Å². The smallest absolute Gasteiger partial charge is 0.341 e. The highest BCUT2D eigenvalue weighted by Crippen LogP contribution is 2.34. The molecule has 3 rings (SSSR count). The topological polar surface area (TPSA) is 35.5 Å². The van der Waals surface area contributed by atoms with Gasteiger partial charge < -0.3 is 9.47 Å². The highest BCUT2D eigenvalue weighted by atomic mass is 16.7. The zero-order valence-corrected chi connectivity index (χ0v) is 8.77. The fourth-order valence-electron chi connectivity index (χ4n) is 2.14. The van der Waals surface area contributed by atoms with Crippen LogP contribution >= 0.6 is 0 Å². The summed E-state index contributed by atoms with van der Waals surface area (Å²) in [5, 5.41) is 1.97. The van der Waals surface area contributed by atoms with Gasteiger partial charge in [0, 0.05) is 18.1 Å². The van der Waals surface area contributed by atoms with E-state index in [1.807, 2.05) is 30.3 Å². The number of carbonyl (C=O) groups is 1. The molecule has 16 heavy (non-hydrogen) atoms. The molecule has 0 amide bonds. The van der Waals surface area contributed by atoms with Crippen molar-refractivity contribution in [1.82, 2.24) is 0 Å². The number of benzene rings is 2. The molecule has 1 aliphatic rings. The van der Waals surface area contributed by atoms with Crippen molar-refractivity contribution in [3.05, 3.63) is 47.5 Å². The molecule has 0 fully saturated rings. The number of hydrogen-bond donors (Lipinski definition) is 0. The molecule has 3 nitrogen and oxygen atoms in total. The molecule has 0 saturated carbocycles. The van der Waals surface area contributed by atoms with Crippen LogP contribution in [0.2, 0.25) is 0 Å². The van der Waals surface area contributed by atoms with Gasteiger partial charge in [-0.3, -0.25) is 0 Å². The Balaban J connectivity index is 2.42. The van der Waals surface area contributed by atoms with Crippen LogP contribution in [-0.2, 0) is 9.47 Å². The number of rotatable bonds is 1. The second-order valence-electron chi connectivity index (χ2n) is 3.72. The third-order valence-corrected chi connectivity index (χ3v) is 2.84. The molecule has 1 heterocycles. The molecule has 2 aromatic rings. The first kappa shape index (κ1) is 9.36. The van der Waals surface area contributed by atoms with E-state index in [-0.39, 0.29) is 5.97 Å². The predicted octanol–water partition coefficient (Wildman–Crippen LogP) is 2.66. The Morgan fingerprint density at radius 2 is 1.94 bits per heavy atom. The molecule has 0 aliphatic carbocycles. The van der Waals surface area contributed by atoms with E-state index >= 15 is 0 Å². The molecule has 80 valence electrons. The van der Waals surface area contributed by atoms with E-state index in [0.29, 0.717) is 5.56 Å². The summed E-state index contributed by atoms with van der Waals surface area (Å²) in [6.45, 7) is 0. The largest absolute Gasteiger partial charge is 0.428 e. The summed E-state index contributed by atoms with van der Waals surface area (Å²) in [5.74, 6) is -0.323. The number of hydrogen-bond acceptors (Lipinski definition) is 3. The van der Waals surface area contributed by atoms with E-state index in [0.717, 1.165) is 16.3 Å². The SMILES string of the molecule is COC1OC(=O)c2cccc3cccc1c23. The molecule has 0 spiro atoms. The lowest BCUT2D eigenvalue weighted by Crippen LogP contribution is -2.19. The highest BCUT2D eigenvalue weighted by Gasteiger charge is 2.27. The van der Waals surface area contributed by atoms with Gasteiger partial charge in [0.15, 0.2) is 0 Å². The number of cyclic esters (lactones) is 1. The number of ether oxygens (including phenoxy) is 2. The van der Waals surface area contributed by atoms with Crippen LogP contribution in [-0.4, -0.2) is 13.1 Å². The van der Waals surface area contributed by atoms with Crippen LogP contribution in [0.1, 0.15) is 22.2 Å². The number of esters is 1. The van der Waals surface area contributed by atoms with E-state index in [9.17, 15) is 4.79 Å². The van der Waals surface area contributed by atoms with Crippen LogP contribution in [0.5, 0.6) is 0 Å². The summed E-state index contributed by atoms with van der Waals surface area (Å²) in [6.07, 6.45) is -0.592. The van der Waals surface area contributed by atoms with Crippen LogP contribution < -0.4 is 0 Å². The first-order valence-corrected chi connectivity index (χ1v) is 5.06. The zero-order valence-electron chi connectivity index (χ0n) is 8.77. The van der Waals surface area contributed by atoms with Crippen LogP contribution in [0.25, 0.3) is 10.8 Å². The summed E-state index contributed by atoms with van der Waals surface area (Å²) in [4.78, 5) is 11.7. The van der Waals surface area contributed by atoms with Crippen molar-refractivity contribution in [3.63, 3.8) is 0 Å². The molecule has 0 saturated heterocycles. The minimum absolute atomic E-state index is 0.323. The van der Waals surface area contributed by atoms with Crippen LogP contribution in [0.3, 0.4) is 0 Å². The lowest BCUT2D eigenvalue weighted by Gasteiger charge is -2.24. The molecule has 0 N–H and O–H groups in total. The van der Waals surface area contributed by atoms with Gasteiger partial charge in [0.2, 0.25) is 6.29 Å². The van der Waals surface area contributed by atoms with E-state index in [1.54, 1.807) is 6.07 Å². The van der Waals surface area contributed by atoms with E-state index in [4.69, 9.17) is 9.47 Å². The van der Waals surface area contributed by atoms with Crippen molar-refractivity contribution in [2.24, 2.45) is 0 Å². The van der Waals surface area contributed by atoms with E-state index in [2.05, 4.69) is 0 Å². The first-order chi connectivity index (χ1) is 7.81. The Hall–Kier alpha value is -1.87. The highest BCUT2D eigenvalue weighted by molar-refractivity contribution is 6.07. The Kier molecular flexibility index (Phi) is 1.94. The van der Waals surface area contributed by atoms with Crippen molar-refractivity contribution in [2.45, 2.75) is 6.29 Å². The Bertz CT molecular complexity index is 569. The lowest BCUT2D eigenvalue weighted by molar-refractivity contribution is -0.0939. The monoisotopic (exact) mass is 214 g/mol. The van der Waals surface area contributed by atoms with Crippen LogP contribution in [0.4, 0.5) is 0 Å². The minimum atomic E-state index is -0.592. The summed E-state index contributed by atoms with van der Waals surface area (Å²) in [7, 11) is 1.53. The lowest BCUT2D eigenvalue weighted by atomic mass is 9.97. The van der Waals surface area contributed by atoms with Gasteiger partial charge >= 0.3 is 5.97 Å². The van der Waals surface area contributed by atoms with E-state index < -0.39 is 6.29 Å². The summed E-state index contributed by atoms with van der Waals surface area (Å²) < 4.78 is 10.4. The van der Waals surface area contributed by atoms with Crippen molar-refractivity contribution >= 4 is 16.7 Å². The fourth-order valence-corrected chi connectivity index (χ4v) is 2.14. The second-order valence-corrected chi connectivity index (χ2v) is 3.72. The average Bonchev–Trinajstić information content (AvgIpc) is 2.33. The van der Waals surface area contributed by atoms with Crippen molar-refractivity contribution in [3.8, 4) is 0 Å². The third kappa shape index (κ3) is 1.15. The molecule has 2 aromatic carbocycles. The van der Waals surface area contributed by atoms with Gasteiger partial charge in [-0.15, -0.1) is 0 Å². The average molecular weight is 214 g/mol. The van der Waals surface area contributed by atoms with Gasteiger partial charge in [0.05, 0.1) is 5.56 Å². The molecular weight excluding hydrogens is 204 g/mol. The Morgan fingerprint density at radius 3 is 2.69 bits per heavy atom. The van der Waals surface area contributed by atoms with Gasteiger partial charge in [-0.05, 0) is 11.5 Å². The summed E-state index contributed by atoms with van der Waals surface area (Å²) in [5.41, 5.74) is 1.52. The maximum absolute atomic E-state index is 11.7. The normalized spacial score (nSPS) is 18.6. The maximum Gasteiger partial charge on any atom is 0.341 e. The molecule has 0 radical (unpaired) electrons. The molecular formula is C13H10O3. The number of carbonyl (C=O) groups excluding carboxylic acids is 1. The quantitative estimate of drug-likeness (QED) is 0.684. The Morgan fingerprint density at radius 1 is 1.19 bits per heavy atom.